The number of aromatic nitrogens is 1. The van der Waals surface area contributed by atoms with Gasteiger partial charge in [0.2, 0.25) is 0 Å². The summed E-state index contributed by atoms with van der Waals surface area (Å²) < 4.78 is 5.68. The quantitative estimate of drug-likeness (QED) is 0.862. The second-order valence-corrected chi connectivity index (χ2v) is 7.17. The highest BCUT2D eigenvalue weighted by atomic mass is 16.6. The van der Waals surface area contributed by atoms with Crippen LogP contribution in [0.15, 0.2) is 30.5 Å². The summed E-state index contributed by atoms with van der Waals surface area (Å²) >= 11 is 0. The molecule has 4 heteroatoms. The molecule has 4 nitrogen and oxygen atoms in total. The largest absolute Gasteiger partial charge is 0.458 e. The minimum absolute atomic E-state index is 0.0126. The number of hydrogen-bond acceptors (Lipinski definition) is 3. The van der Waals surface area contributed by atoms with Gasteiger partial charge >= 0.3 is 5.97 Å². The maximum atomic E-state index is 12.4. The summed E-state index contributed by atoms with van der Waals surface area (Å²) in [4.78, 5) is 18.0. The number of H-pyrrole nitrogens is 1. The van der Waals surface area contributed by atoms with Crippen molar-refractivity contribution in [1.29, 1.82) is 0 Å². The zero-order valence-corrected chi connectivity index (χ0v) is 13.7. The summed E-state index contributed by atoms with van der Waals surface area (Å²) in [7, 11) is 0. The number of hydrogen-bond donors (Lipinski definition) is 1. The van der Waals surface area contributed by atoms with Gasteiger partial charge in [0, 0.05) is 23.6 Å². The van der Waals surface area contributed by atoms with Crippen molar-refractivity contribution in [2.45, 2.75) is 50.7 Å². The van der Waals surface area contributed by atoms with E-state index < -0.39 is 0 Å². The number of para-hydroxylation sites is 1. The molecule has 2 heterocycles. The van der Waals surface area contributed by atoms with Gasteiger partial charge in [0.05, 0.1) is 0 Å². The Hall–Kier alpha value is -1.81. The van der Waals surface area contributed by atoms with Gasteiger partial charge in [-0.25, -0.2) is 0 Å². The highest BCUT2D eigenvalue weighted by Crippen LogP contribution is 2.39. The van der Waals surface area contributed by atoms with E-state index in [0.717, 1.165) is 45.2 Å². The Kier molecular flexibility index (Phi) is 3.64. The molecule has 1 aliphatic carbocycles. The minimum atomic E-state index is -0.165. The van der Waals surface area contributed by atoms with E-state index in [1.807, 2.05) is 13.0 Å². The van der Waals surface area contributed by atoms with Crippen molar-refractivity contribution in [2.75, 3.05) is 13.1 Å². The molecule has 2 aliphatic rings. The molecule has 1 saturated heterocycles. The van der Waals surface area contributed by atoms with Crippen LogP contribution in [-0.4, -0.2) is 40.6 Å². The number of likely N-dealkylation sites (tertiary alicyclic amines) is 1. The average molecular weight is 312 g/mol. The lowest BCUT2D eigenvalue weighted by molar-refractivity contribution is -0.155. The molecule has 0 bridgehead atoms. The fourth-order valence-electron chi connectivity index (χ4n) is 3.55. The molecule has 1 aliphatic heterocycles. The number of benzene rings is 1. The van der Waals surface area contributed by atoms with Crippen molar-refractivity contribution in [3.63, 3.8) is 0 Å². The van der Waals surface area contributed by atoms with Crippen LogP contribution in [0.3, 0.4) is 0 Å². The van der Waals surface area contributed by atoms with Gasteiger partial charge in [-0.15, -0.1) is 0 Å². The smallest absolute Gasteiger partial charge is 0.323 e. The van der Waals surface area contributed by atoms with Crippen LogP contribution in [0.2, 0.25) is 0 Å². The molecular formula is C19H24N2O2. The van der Waals surface area contributed by atoms with Crippen molar-refractivity contribution < 1.29 is 9.53 Å². The van der Waals surface area contributed by atoms with Crippen LogP contribution in [0.5, 0.6) is 0 Å². The number of rotatable bonds is 5. The summed E-state index contributed by atoms with van der Waals surface area (Å²) in [5.41, 5.74) is 2.35. The van der Waals surface area contributed by atoms with Crippen molar-refractivity contribution in [3.05, 3.63) is 36.0 Å². The number of nitrogens with zero attached hydrogens (tertiary/aromatic N) is 1. The van der Waals surface area contributed by atoms with Gasteiger partial charge in [-0.3, -0.25) is 9.69 Å². The molecule has 0 spiro atoms. The van der Waals surface area contributed by atoms with Crippen LogP contribution in [0.4, 0.5) is 0 Å². The fourth-order valence-corrected chi connectivity index (χ4v) is 3.55. The molecule has 122 valence electrons. The standard InChI is InChI=1S/C19H24N2O2/c1-19(9-10-19)23-18(22)17-7-4-11-21(17)12-8-14-13-20-16-6-3-2-5-15(14)16/h2-3,5-6,13,17,20H,4,7-12H2,1H3. The van der Waals surface area contributed by atoms with E-state index in [9.17, 15) is 4.79 Å². The Labute approximate surface area is 136 Å². The fraction of sp³-hybridized carbons (Fsp3) is 0.526. The van der Waals surface area contributed by atoms with Crippen molar-refractivity contribution in [1.82, 2.24) is 9.88 Å². The monoisotopic (exact) mass is 312 g/mol. The molecule has 2 fully saturated rings. The number of aromatic amines is 1. The SMILES string of the molecule is CC1(OC(=O)C2CCCN2CCc2c[nH]c3ccccc23)CC1. The van der Waals surface area contributed by atoms with E-state index in [2.05, 4.69) is 34.3 Å². The van der Waals surface area contributed by atoms with Crippen molar-refractivity contribution in [2.24, 2.45) is 0 Å². The summed E-state index contributed by atoms with van der Waals surface area (Å²) in [6.07, 6.45) is 7.11. The van der Waals surface area contributed by atoms with E-state index in [4.69, 9.17) is 4.74 Å². The molecular weight excluding hydrogens is 288 g/mol. The Morgan fingerprint density at radius 2 is 2.22 bits per heavy atom. The normalized spacial score (nSPS) is 23.3. The van der Waals surface area contributed by atoms with Crippen LogP contribution in [-0.2, 0) is 16.0 Å². The van der Waals surface area contributed by atoms with E-state index in [-0.39, 0.29) is 17.6 Å². The van der Waals surface area contributed by atoms with E-state index in [0.29, 0.717) is 0 Å². The molecule has 1 N–H and O–H groups in total. The molecule has 1 aromatic carbocycles. The lowest BCUT2D eigenvalue weighted by Gasteiger charge is -2.24. The lowest BCUT2D eigenvalue weighted by atomic mass is 10.1. The number of ether oxygens (including phenoxy) is 1. The van der Waals surface area contributed by atoms with Crippen molar-refractivity contribution in [3.8, 4) is 0 Å². The Balaban J connectivity index is 1.40. The predicted octanol–water partition coefficient (Wildman–Crippen LogP) is 3.27. The van der Waals surface area contributed by atoms with Gasteiger partial charge < -0.3 is 9.72 Å². The third-order valence-corrected chi connectivity index (χ3v) is 5.28. The van der Waals surface area contributed by atoms with Crippen LogP contribution in [0.1, 0.15) is 38.2 Å². The number of carbonyl (C=O) groups excluding carboxylic acids is 1. The third kappa shape index (κ3) is 3.00. The van der Waals surface area contributed by atoms with Crippen LogP contribution >= 0.6 is 0 Å². The minimum Gasteiger partial charge on any atom is -0.458 e. The van der Waals surface area contributed by atoms with Gasteiger partial charge in [-0.2, -0.15) is 0 Å². The highest BCUT2D eigenvalue weighted by molar-refractivity contribution is 5.83. The van der Waals surface area contributed by atoms with Crippen LogP contribution in [0.25, 0.3) is 10.9 Å². The number of carbonyl (C=O) groups is 1. The number of esters is 1. The lowest BCUT2D eigenvalue weighted by Crippen LogP contribution is -2.40. The Morgan fingerprint density at radius 1 is 1.39 bits per heavy atom. The van der Waals surface area contributed by atoms with Gasteiger partial charge in [0.15, 0.2) is 0 Å². The average Bonchev–Trinajstić information content (AvgIpc) is 2.98. The molecule has 1 atom stereocenters. The molecule has 4 rings (SSSR count). The number of nitrogens with one attached hydrogen (secondary N) is 1. The zero-order chi connectivity index (χ0) is 15.9. The van der Waals surface area contributed by atoms with E-state index in [1.165, 1.54) is 16.5 Å². The maximum absolute atomic E-state index is 12.4. The molecule has 1 saturated carbocycles. The first-order valence-electron chi connectivity index (χ1n) is 8.67. The van der Waals surface area contributed by atoms with E-state index >= 15 is 0 Å². The maximum Gasteiger partial charge on any atom is 0.323 e. The summed E-state index contributed by atoms with van der Waals surface area (Å²) in [6.45, 7) is 3.95. The summed E-state index contributed by atoms with van der Waals surface area (Å²) in [5, 5.41) is 1.29. The highest BCUT2D eigenvalue weighted by Gasteiger charge is 2.44. The second-order valence-electron chi connectivity index (χ2n) is 7.17. The Morgan fingerprint density at radius 3 is 3.04 bits per heavy atom. The first-order valence-corrected chi connectivity index (χ1v) is 8.67. The molecule has 0 radical (unpaired) electrons. The zero-order valence-electron chi connectivity index (χ0n) is 13.7. The third-order valence-electron chi connectivity index (χ3n) is 5.28. The molecule has 1 aromatic heterocycles. The molecule has 23 heavy (non-hydrogen) atoms. The molecule has 2 aromatic rings. The van der Waals surface area contributed by atoms with Gasteiger partial charge in [0.1, 0.15) is 11.6 Å². The first kappa shape index (κ1) is 14.8. The van der Waals surface area contributed by atoms with Gasteiger partial charge in [-0.1, -0.05) is 18.2 Å². The van der Waals surface area contributed by atoms with Gasteiger partial charge in [0.25, 0.3) is 0 Å². The predicted molar refractivity (Wildman–Crippen MR) is 90.3 cm³/mol. The number of fused-ring (bicyclic) bond motifs is 1. The van der Waals surface area contributed by atoms with Crippen molar-refractivity contribution >= 4 is 16.9 Å². The van der Waals surface area contributed by atoms with E-state index in [1.54, 1.807) is 0 Å². The summed E-state index contributed by atoms with van der Waals surface area (Å²) in [5.74, 6) is -0.0126. The Bertz CT molecular complexity index is 717. The molecule has 0 amide bonds. The first-order chi connectivity index (χ1) is 11.1. The van der Waals surface area contributed by atoms with Crippen LogP contribution in [0, 0.1) is 0 Å². The molecule has 1 unspecified atom stereocenters. The van der Waals surface area contributed by atoms with Gasteiger partial charge in [-0.05, 0) is 57.2 Å². The summed E-state index contributed by atoms with van der Waals surface area (Å²) in [6, 6.07) is 8.34. The van der Waals surface area contributed by atoms with Crippen LogP contribution < -0.4 is 0 Å². The second kappa shape index (κ2) is 5.68. The topological polar surface area (TPSA) is 45.3 Å².